The Bertz CT molecular complexity index is 1230. The molecule has 7 heteroatoms. The van der Waals surface area contributed by atoms with Gasteiger partial charge < -0.3 is 4.74 Å². The zero-order valence-electron chi connectivity index (χ0n) is 18.2. The first kappa shape index (κ1) is 21.7. The fourth-order valence-corrected chi connectivity index (χ4v) is 3.27. The smallest absolute Gasteiger partial charge is 0.346 e. The molecule has 2 aromatic carbocycles. The van der Waals surface area contributed by atoms with E-state index in [2.05, 4.69) is 20.4 Å². The third-order valence-electron chi connectivity index (χ3n) is 5.13. The summed E-state index contributed by atoms with van der Waals surface area (Å²) in [4.78, 5) is 26.4. The maximum Gasteiger partial charge on any atom is 0.346 e. The molecule has 0 atom stereocenters. The normalized spacial score (nSPS) is 11.9. The van der Waals surface area contributed by atoms with Gasteiger partial charge in [-0.1, -0.05) is 60.7 Å². The van der Waals surface area contributed by atoms with Crippen molar-refractivity contribution in [3.8, 4) is 0 Å². The molecule has 0 radical (unpaired) electrons. The number of aromatic amines is 2. The molecular formula is C26H22N4O3. The molecule has 4 aromatic rings. The van der Waals surface area contributed by atoms with Crippen LogP contribution in [0.2, 0.25) is 0 Å². The van der Waals surface area contributed by atoms with Crippen molar-refractivity contribution >= 4 is 35.2 Å². The fraction of sp³-hybridized carbons (Fsp3) is 0.0769. The highest BCUT2D eigenvalue weighted by atomic mass is 16.6. The lowest BCUT2D eigenvalue weighted by atomic mass is 10.0. The first-order valence-corrected chi connectivity index (χ1v) is 10.3. The summed E-state index contributed by atoms with van der Waals surface area (Å²) < 4.78 is 5.39. The van der Waals surface area contributed by atoms with E-state index in [9.17, 15) is 9.59 Å². The number of carbonyl (C=O) groups excluding carboxylic acids is 2. The number of carbonyl (C=O) groups is 2. The van der Waals surface area contributed by atoms with E-state index in [0.29, 0.717) is 11.1 Å². The topological polar surface area (TPSA) is 101 Å². The Labute approximate surface area is 190 Å². The number of H-pyrrole nitrogens is 2. The lowest BCUT2D eigenvalue weighted by molar-refractivity contribution is -0.150. The monoisotopic (exact) mass is 438 g/mol. The average molecular weight is 438 g/mol. The maximum absolute atomic E-state index is 13.2. The molecule has 4 rings (SSSR count). The van der Waals surface area contributed by atoms with Gasteiger partial charge in [-0.05, 0) is 37.1 Å². The van der Waals surface area contributed by atoms with Crippen molar-refractivity contribution in [1.82, 2.24) is 20.4 Å². The number of aryl methyl sites for hydroxylation is 2. The Morgan fingerprint density at radius 2 is 1.09 bits per heavy atom. The summed E-state index contributed by atoms with van der Waals surface area (Å²) >= 11 is 0. The molecule has 7 nitrogen and oxygen atoms in total. The zero-order valence-corrected chi connectivity index (χ0v) is 18.2. The van der Waals surface area contributed by atoms with Gasteiger partial charge in [0, 0.05) is 22.5 Å². The van der Waals surface area contributed by atoms with Gasteiger partial charge in [-0.2, -0.15) is 10.2 Å². The quantitative estimate of drug-likeness (QED) is 0.260. The number of nitrogens with one attached hydrogen (secondary N) is 2. The Kier molecular flexibility index (Phi) is 6.40. The van der Waals surface area contributed by atoms with Gasteiger partial charge in [-0.15, -0.1) is 0 Å². The fourth-order valence-electron chi connectivity index (χ4n) is 3.27. The maximum atomic E-state index is 13.2. The van der Waals surface area contributed by atoms with Crippen LogP contribution < -0.4 is 0 Å². The molecule has 0 bridgehead atoms. The predicted octanol–water partition coefficient (Wildman–Crippen LogP) is 4.60. The lowest BCUT2D eigenvalue weighted by Gasteiger charge is -2.10. The van der Waals surface area contributed by atoms with Crippen LogP contribution in [0.4, 0.5) is 0 Å². The molecule has 0 amide bonds. The minimum Gasteiger partial charge on any atom is -0.386 e. The van der Waals surface area contributed by atoms with Crippen molar-refractivity contribution in [2.45, 2.75) is 13.8 Å². The summed E-state index contributed by atoms with van der Waals surface area (Å²) in [6, 6.07) is 18.1. The molecule has 2 aromatic heterocycles. The van der Waals surface area contributed by atoms with E-state index in [-0.39, 0.29) is 11.1 Å². The summed E-state index contributed by atoms with van der Waals surface area (Å²) in [7, 11) is 0. The van der Waals surface area contributed by atoms with Gasteiger partial charge in [0.2, 0.25) is 0 Å². The number of hydrogen-bond donors (Lipinski definition) is 2. The van der Waals surface area contributed by atoms with Gasteiger partial charge in [-0.3, -0.25) is 10.2 Å². The molecule has 0 unspecified atom stereocenters. The highest BCUT2D eigenvalue weighted by Crippen LogP contribution is 2.24. The number of benzene rings is 2. The van der Waals surface area contributed by atoms with Crippen LogP contribution >= 0.6 is 0 Å². The molecule has 0 saturated heterocycles. The molecule has 0 aliphatic rings. The number of nitrogens with zero attached hydrogens (tertiary/aromatic N) is 2. The van der Waals surface area contributed by atoms with Crippen molar-refractivity contribution in [3.05, 3.63) is 107 Å². The molecular weight excluding hydrogens is 416 g/mol. The Morgan fingerprint density at radius 3 is 1.42 bits per heavy atom. The Balaban J connectivity index is 1.70. The van der Waals surface area contributed by atoms with Gasteiger partial charge in [0.25, 0.3) is 0 Å². The van der Waals surface area contributed by atoms with Crippen LogP contribution in [0.1, 0.15) is 33.6 Å². The van der Waals surface area contributed by atoms with Crippen LogP contribution in [0, 0.1) is 13.8 Å². The molecule has 0 spiro atoms. The number of hydrogen-bond acceptors (Lipinski definition) is 5. The van der Waals surface area contributed by atoms with Crippen LogP contribution in [0.5, 0.6) is 0 Å². The van der Waals surface area contributed by atoms with Crippen molar-refractivity contribution in [3.63, 3.8) is 0 Å². The van der Waals surface area contributed by atoms with E-state index in [1.807, 2.05) is 50.2 Å². The molecule has 0 aliphatic heterocycles. The molecule has 0 saturated carbocycles. The summed E-state index contributed by atoms with van der Waals surface area (Å²) in [6.45, 7) is 3.70. The van der Waals surface area contributed by atoms with E-state index in [4.69, 9.17) is 4.74 Å². The number of esters is 2. The second-order valence-electron chi connectivity index (χ2n) is 7.43. The van der Waals surface area contributed by atoms with Crippen LogP contribution in [-0.4, -0.2) is 32.3 Å². The Hall–Kier alpha value is -4.52. The van der Waals surface area contributed by atoms with Gasteiger partial charge in [0.15, 0.2) is 0 Å². The SMILES string of the molecule is Cc1[nH]ncc1/C=C(/C(=O)OC(=O)/C(=C/c1cn[nH]c1C)c1ccccc1)c1ccccc1. The average Bonchev–Trinajstić information content (AvgIpc) is 3.43. The minimum atomic E-state index is -0.752. The largest absolute Gasteiger partial charge is 0.386 e. The summed E-state index contributed by atoms with van der Waals surface area (Å²) in [5, 5.41) is 13.7. The number of ether oxygens (including phenoxy) is 1. The molecule has 2 N–H and O–H groups in total. The zero-order chi connectivity index (χ0) is 23.2. The predicted molar refractivity (Wildman–Crippen MR) is 126 cm³/mol. The highest BCUT2D eigenvalue weighted by molar-refractivity contribution is 6.30. The van der Waals surface area contributed by atoms with Gasteiger partial charge >= 0.3 is 11.9 Å². The van der Waals surface area contributed by atoms with Gasteiger partial charge in [-0.25, -0.2) is 9.59 Å². The van der Waals surface area contributed by atoms with Gasteiger partial charge in [0.1, 0.15) is 0 Å². The van der Waals surface area contributed by atoms with E-state index in [1.54, 1.807) is 48.8 Å². The van der Waals surface area contributed by atoms with Crippen molar-refractivity contribution in [2.75, 3.05) is 0 Å². The van der Waals surface area contributed by atoms with Crippen LogP contribution in [0.15, 0.2) is 73.1 Å². The van der Waals surface area contributed by atoms with E-state index >= 15 is 0 Å². The third-order valence-corrected chi connectivity index (χ3v) is 5.13. The first-order valence-electron chi connectivity index (χ1n) is 10.3. The number of aromatic nitrogens is 4. The van der Waals surface area contributed by atoms with Crippen LogP contribution in [-0.2, 0) is 14.3 Å². The third kappa shape index (κ3) is 5.04. The lowest BCUT2D eigenvalue weighted by Crippen LogP contribution is -2.15. The van der Waals surface area contributed by atoms with E-state index in [0.717, 1.165) is 22.5 Å². The second-order valence-corrected chi connectivity index (χ2v) is 7.43. The van der Waals surface area contributed by atoms with Crippen molar-refractivity contribution < 1.29 is 14.3 Å². The first-order chi connectivity index (χ1) is 16.0. The summed E-state index contributed by atoms with van der Waals surface area (Å²) in [5.74, 6) is -1.50. The standard InChI is InChI=1S/C26H22N4O3/c1-17-21(15-27-29-17)13-23(19-9-5-3-6-10-19)25(31)33-26(32)24(20-11-7-4-8-12-20)14-22-16-28-30-18(22)2/h3-16H,1-2H3,(H,27,29)(H,28,30)/b23-13+,24-14+. The van der Waals surface area contributed by atoms with Gasteiger partial charge in [0.05, 0.1) is 23.5 Å². The molecule has 33 heavy (non-hydrogen) atoms. The van der Waals surface area contributed by atoms with E-state index in [1.165, 1.54) is 0 Å². The summed E-state index contributed by atoms with van der Waals surface area (Å²) in [6.07, 6.45) is 6.56. The second kappa shape index (κ2) is 9.74. The molecule has 164 valence electrons. The van der Waals surface area contributed by atoms with Crippen LogP contribution in [0.3, 0.4) is 0 Å². The van der Waals surface area contributed by atoms with Crippen LogP contribution in [0.25, 0.3) is 23.3 Å². The van der Waals surface area contributed by atoms with Crippen molar-refractivity contribution in [1.29, 1.82) is 0 Å². The molecule has 2 heterocycles. The minimum absolute atomic E-state index is 0.250. The van der Waals surface area contributed by atoms with Crippen molar-refractivity contribution in [2.24, 2.45) is 0 Å². The summed E-state index contributed by atoms with van der Waals surface area (Å²) in [5.41, 5.74) is 4.81. The highest BCUT2D eigenvalue weighted by Gasteiger charge is 2.22. The molecule has 0 fully saturated rings. The van der Waals surface area contributed by atoms with E-state index < -0.39 is 11.9 Å². The number of rotatable bonds is 6. The molecule has 0 aliphatic carbocycles. The Morgan fingerprint density at radius 1 is 0.697 bits per heavy atom.